The minimum Gasteiger partial charge on any atom is -0.477 e. The maximum atomic E-state index is 13.1. The van der Waals surface area contributed by atoms with Gasteiger partial charge in [0.25, 0.3) is 5.91 Å². The van der Waals surface area contributed by atoms with E-state index in [0.29, 0.717) is 0 Å². The molecule has 1 fully saturated rings. The summed E-state index contributed by atoms with van der Waals surface area (Å²) in [5.41, 5.74) is 5.31. The highest BCUT2D eigenvalue weighted by Gasteiger charge is 2.49. The zero-order valence-corrected chi connectivity index (χ0v) is 19.4. The number of thioether (sulfide) groups is 1. The Kier molecular flexibility index (Phi) is 7.99. The van der Waals surface area contributed by atoms with Crippen molar-refractivity contribution in [1.29, 1.82) is 0 Å². The van der Waals surface area contributed by atoms with E-state index in [1.165, 1.54) is 23.6 Å². The van der Waals surface area contributed by atoms with E-state index in [0.717, 1.165) is 11.5 Å². The van der Waals surface area contributed by atoms with E-state index in [1.807, 2.05) is 0 Å². The van der Waals surface area contributed by atoms with Crippen LogP contribution in [-0.4, -0.2) is 79.2 Å². The van der Waals surface area contributed by atoms with Crippen LogP contribution >= 0.6 is 23.3 Å². The molecule has 1 saturated heterocycles. The minimum atomic E-state index is -1.32. The molecule has 0 aromatic carbocycles. The van der Waals surface area contributed by atoms with Gasteiger partial charge in [0.2, 0.25) is 17.4 Å². The number of amides is 2. The zero-order chi connectivity index (χ0) is 24.1. The van der Waals surface area contributed by atoms with Gasteiger partial charge in [-0.25, -0.2) is 4.79 Å². The lowest BCUT2D eigenvalue weighted by Gasteiger charge is -2.46. The number of rotatable bonds is 11. The van der Waals surface area contributed by atoms with Crippen molar-refractivity contribution in [3.05, 3.63) is 17.1 Å². The number of fused-ring (bicyclic) bond motifs is 1. The molecular weight excluding hydrogens is 476 g/mol. The van der Waals surface area contributed by atoms with Crippen molar-refractivity contribution >= 4 is 57.7 Å². The number of oxime groups is 1. The third-order valence-electron chi connectivity index (χ3n) is 4.53. The Labute approximate surface area is 196 Å². The van der Waals surface area contributed by atoms with Crippen LogP contribution in [-0.2, 0) is 28.8 Å². The summed E-state index contributed by atoms with van der Waals surface area (Å²) < 4.78 is 9.48. The molecule has 3 heterocycles. The number of nitrogens with two attached hydrogens (primary N) is 1. The second kappa shape index (κ2) is 10.7. The van der Waals surface area contributed by atoms with Crippen molar-refractivity contribution in [1.82, 2.24) is 19.6 Å². The van der Waals surface area contributed by atoms with Crippen molar-refractivity contribution in [2.45, 2.75) is 37.4 Å². The van der Waals surface area contributed by atoms with E-state index in [1.54, 1.807) is 6.92 Å². The third kappa shape index (κ3) is 5.66. The number of carbonyl (C=O) groups excluding carboxylic acids is 3. The molecule has 33 heavy (non-hydrogen) atoms. The lowest BCUT2D eigenvalue weighted by molar-refractivity contribution is -0.146. The summed E-state index contributed by atoms with van der Waals surface area (Å²) in [4.78, 5) is 58.5. The van der Waals surface area contributed by atoms with Crippen LogP contribution < -0.4 is 11.1 Å². The number of nitrogens with zero attached hydrogens (tertiary/aromatic N) is 4. The second-order valence-electron chi connectivity index (χ2n) is 6.91. The van der Waals surface area contributed by atoms with Crippen LogP contribution in [0.1, 0.15) is 32.5 Å². The highest BCUT2D eigenvalue weighted by Crippen LogP contribution is 2.43. The molecule has 0 aliphatic carbocycles. The second-order valence-corrected chi connectivity index (χ2v) is 8.98. The van der Waals surface area contributed by atoms with Gasteiger partial charge >= 0.3 is 5.97 Å². The standard InChI is InChI=1S/C18H22N6O7S2/c1-3-31-22-12(14-20-18(19)33-23-14)15(27)21-16-9(7-30-5-4-8(2)25)13(17(28)29)24-10(26)6-11(24)32-16/h11,16H,3-7H2,1-2H3,(H,21,27)(H,28,29)(H2,19,20,23)/b22-12-. The smallest absolute Gasteiger partial charge is 0.352 e. The van der Waals surface area contributed by atoms with E-state index >= 15 is 0 Å². The van der Waals surface area contributed by atoms with Gasteiger partial charge in [0.1, 0.15) is 23.5 Å². The van der Waals surface area contributed by atoms with Crippen molar-refractivity contribution in [3.63, 3.8) is 0 Å². The van der Waals surface area contributed by atoms with Crippen LogP contribution in [0.15, 0.2) is 16.4 Å². The molecule has 1 aromatic heterocycles. The van der Waals surface area contributed by atoms with Crippen LogP contribution in [0.4, 0.5) is 5.13 Å². The number of aliphatic carboxylic acids is 1. The van der Waals surface area contributed by atoms with Gasteiger partial charge in [-0.3, -0.25) is 19.3 Å². The van der Waals surface area contributed by atoms with Crippen molar-refractivity contribution in [3.8, 4) is 0 Å². The van der Waals surface area contributed by atoms with Gasteiger partial charge < -0.3 is 25.7 Å². The molecule has 0 spiro atoms. The molecule has 2 unspecified atom stereocenters. The van der Waals surface area contributed by atoms with Gasteiger partial charge in [-0.15, -0.1) is 11.8 Å². The first-order valence-corrected chi connectivity index (χ1v) is 11.6. The predicted molar refractivity (Wildman–Crippen MR) is 118 cm³/mol. The maximum absolute atomic E-state index is 13.1. The average molecular weight is 499 g/mol. The summed E-state index contributed by atoms with van der Waals surface area (Å²) in [7, 11) is 0. The fourth-order valence-corrected chi connectivity index (χ4v) is 4.87. The molecule has 0 saturated carbocycles. The van der Waals surface area contributed by atoms with Gasteiger partial charge in [-0.1, -0.05) is 5.16 Å². The Bertz CT molecular complexity index is 1020. The Morgan fingerprint density at radius 2 is 2.15 bits per heavy atom. The monoisotopic (exact) mass is 498 g/mol. The van der Waals surface area contributed by atoms with Crippen LogP contribution in [0.5, 0.6) is 0 Å². The predicted octanol–water partition coefficient (Wildman–Crippen LogP) is -0.0572. The molecule has 1 aromatic rings. The molecule has 2 atom stereocenters. The lowest BCUT2D eigenvalue weighted by atomic mass is 10.1. The zero-order valence-electron chi connectivity index (χ0n) is 17.8. The first-order chi connectivity index (χ1) is 15.7. The number of carboxylic acid groups (broad SMARTS) is 1. The number of aromatic nitrogens is 2. The summed E-state index contributed by atoms with van der Waals surface area (Å²) in [6, 6.07) is 0. The summed E-state index contributed by atoms with van der Waals surface area (Å²) in [6.45, 7) is 3.13. The van der Waals surface area contributed by atoms with E-state index in [4.69, 9.17) is 15.3 Å². The Hall–Kier alpha value is -3.04. The molecular formula is C18H22N6O7S2. The Balaban J connectivity index is 1.88. The number of carbonyl (C=O) groups is 4. The lowest BCUT2D eigenvalue weighted by Crippen LogP contribution is -2.58. The van der Waals surface area contributed by atoms with E-state index in [2.05, 4.69) is 19.8 Å². The van der Waals surface area contributed by atoms with Crippen molar-refractivity contribution in [2.75, 3.05) is 25.6 Å². The number of anilines is 1. The normalized spacial score (nSPS) is 20.2. The topological polar surface area (TPSA) is 186 Å². The van der Waals surface area contributed by atoms with Gasteiger partial charge in [0.05, 0.1) is 25.0 Å². The number of hydrogen-bond acceptors (Lipinski definition) is 12. The highest BCUT2D eigenvalue weighted by molar-refractivity contribution is 8.00. The third-order valence-corrected chi connectivity index (χ3v) is 6.44. The number of nitrogen functional groups attached to an aromatic ring is 1. The number of nitrogens with one attached hydrogen (secondary N) is 1. The highest BCUT2D eigenvalue weighted by atomic mass is 32.2. The van der Waals surface area contributed by atoms with Crippen LogP contribution in [0.2, 0.25) is 0 Å². The quantitative estimate of drug-likeness (QED) is 0.161. The largest absolute Gasteiger partial charge is 0.477 e. The van der Waals surface area contributed by atoms with E-state index in [-0.39, 0.29) is 72.3 Å². The van der Waals surface area contributed by atoms with Crippen LogP contribution in [0.25, 0.3) is 0 Å². The minimum absolute atomic E-state index is 0.0357. The molecule has 15 heteroatoms. The number of β-lactam (4-membered cyclic amide) rings is 1. The van der Waals surface area contributed by atoms with Gasteiger partial charge in [-0.2, -0.15) is 9.36 Å². The van der Waals surface area contributed by atoms with Gasteiger partial charge in [-0.05, 0) is 13.8 Å². The summed E-state index contributed by atoms with van der Waals surface area (Å²) >= 11 is 2.07. The molecule has 3 rings (SSSR count). The van der Waals surface area contributed by atoms with Crippen LogP contribution in [0.3, 0.4) is 0 Å². The maximum Gasteiger partial charge on any atom is 0.352 e. The molecule has 178 valence electrons. The molecule has 0 bridgehead atoms. The van der Waals surface area contributed by atoms with E-state index in [9.17, 15) is 24.3 Å². The fourth-order valence-electron chi connectivity index (χ4n) is 3.02. The molecule has 2 amide bonds. The fraction of sp³-hybridized carbons (Fsp3) is 0.500. The Morgan fingerprint density at radius 3 is 2.73 bits per heavy atom. The molecule has 4 N–H and O–H groups in total. The van der Waals surface area contributed by atoms with Crippen LogP contribution in [0, 0.1) is 0 Å². The summed E-state index contributed by atoms with van der Waals surface area (Å²) in [5, 5.41) is 15.1. The molecule has 0 radical (unpaired) electrons. The number of hydrogen-bond donors (Lipinski definition) is 3. The van der Waals surface area contributed by atoms with Gasteiger partial charge in [0.15, 0.2) is 5.13 Å². The summed E-state index contributed by atoms with van der Waals surface area (Å²) in [5.74, 6) is -2.50. The molecule has 2 aliphatic rings. The van der Waals surface area contributed by atoms with E-state index < -0.39 is 22.6 Å². The van der Waals surface area contributed by atoms with Crippen molar-refractivity contribution in [2.24, 2.45) is 5.16 Å². The number of carboxylic acids is 1. The number of ether oxygens (including phenoxy) is 1. The first kappa shape index (κ1) is 24.6. The first-order valence-electron chi connectivity index (χ1n) is 9.84. The number of Topliss-reactive ketones (excluding diaryl/α,β-unsaturated/α-hetero) is 1. The van der Waals surface area contributed by atoms with Crippen molar-refractivity contribution < 1.29 is 33.9 Å². The number of ketones is 1. The summed E-state index contributed by atoms with van der Waals surface area (Å²) in [6.07, 6.45) is 0.281. The molecule has 13 nitrogen and oxygen atoms in total. The van der Waals surface area contributed by atoms with Gasteiger partial charge in [0, 0.05) is 23.5 Å². The molecule has 2 aliphatic heterocycles. The Morgan fingerprint density at radius 1 is 1.39 bits per heavy atom. The average Bonchev–Trinajstić information content (AvgIpc) is 3.17. The SMILES string of the molecule is CCO/N=C(\C(=O)NC1SC2CC(=O)N2C(C(=O)O)=C1COCCC(C)=O)c1nsc(N)n1.